The molecule has 0 aliphatic heterocycles. The molecule has 0 saturated carbocycles. The van der Waals surface area contributed by atoms with Crippen molar-refractivity contribution in [2.24, 2.45) is 0 Å². The predicted octanol–water partition coefficient (Wildman–Crippen LogP) is 7.67. The van der Waals surface area contributed by atoms with Gasteiger partial charge in [-0.05, 0) is 6.92 Å². The summed E-state index contributed by atoms with van der Waals surface area (Å²) in [5, 5.41) is 0. The fourth-order valence-corrected chi connectivity index (χ4v) is 1.52. The summed E-state index contributed by atoms with van der Waals surface area (Å²) in [6.07, 6.45) is 48.8. The molecule has 0 rings (SSSR count). The van der Waals surface area contributed by atoms with Crippen molar-refractivity contribution in [3.05, 3.63) is 158 Å². The average Bonchev–Trinajstić information content (AvgIpc) is 2.68. The van der Waals surface area contributed by atoms with Crippen molar-refractivity contribution in [3.8, 4) is 0 Å². The van der Waals surface area contributed by atoms with Gasteiger partial charge in [-0.25, -0.2) is 0 Å². The molecule has 0 amide bonds. The topological polar surface area (TPSA) is 0 Å². The molecular formula is C27H29. The quantitative estimate of drug-likeness (QED) is 0.316. The van der Waals surface area contributed by atoms with Crippen LogP contribution in [0.25, 0.3) is 0 Å². The van der Waals surface area contributed by atoms with Gasteiger partial charge in [-0.15, -0.1) is 0 Å². The van der Waals surface area contributed by atoms with Crippen LogP contribution in [0, 0.1) is 6.58 Å². The molecule has 0 aromatic rings. The highest BCUT2D eigenvalue weighted by Crippen LogP contribution is 1.87. The van der Waals surface area contributed by atoms with Gasteiger partial charge in [0.05, 0.1) is 0 Å². The maximum absolute atomic E-state index is 5.22. The van der Waals surface area contributed by atoms with Gasteiger partial charge in [0.25, 0.3) is 0 Å². The van der Waals surface area contributed by atoms with E-state index in [1.54, 1.807) is 6.08 Å². The van der Waals surface area contributed by atoms with E-state index in [1.807, 2.05) is 147 Å². The molecule has 137 valence electrons. The van der Waals surface area contributed by atoms with Gasteiger partial charge in [0.15, 0.2) is 0 Å². The zero-order chi connectivity index (χ0) is 19.7. The average molecular weight is 354 g/mol. The zero-order valence-corrected chi connectivity index (χ0v) is 16.0. The molecule has 0 aliphatic rings. The van der Waals surface area contributed by atoms with Crippen LogP contribution in [0.3, 0.4) is 0 Å². The van der Waals surface area contributed by atoms with Crippen LogP contribution < -0.4 is 0 Å². The molecule has 0 heteroatoms. The second-order valence-electron chi connectivity index (χ2n) is 4.95. The lowest BCUT2D eigenvalue weighted by molar-refractivity contribution is 1.73. The van der Waals surface area contributed by atoms with Gasteiger partial charge in [0, 0.05) is 0 Å². The van der Waals surface area contributed by atoms with E-state index in [9.17, 15) is 0 Å². The van der Waals surface area contributed by atoms with E-state index in [-0.39, 0.29) is 0 Å². The highest BCUT2D eigenvalue weighted by atomic mass is 13.7. The van der Waals surface area contributed by atoms with E-state index < -0.39 is 0 Å². The van der Waals surface area contributed by atoms with Crippen molar-refractivity contribution in [2.45, 2.75) is 6.92 Å². The third-order valence-corrected chi connectivity index (χ3v) is 2.75. The minimum atomic E-state index is 1.50. The summed E-state index contributed by atoms with van der Waals surface area (Å²) in [6, 6.07) is 0. The van der Waals surface area contributed by atoms with Crippen molar-refractivity contribution < 1.29 is 0 Å². The van der Waals surface area contributed by atoms with Crippen LogP contribution in [0.15, 0.2) is 152 Å². The summed E-state index contributed by atoms with van der Waals surface area (Å²) < 4.78 is 0. The molecule has 0 aromatic heterocycles. The molecule has 0 bridgehead atoms. The van der Waals surface area contributed by atoms with Crippen LogP contribution in [0.5, 0.6) is 0 Å². The Hall–Kier alpha value is -3.38. The third-order valence-electron chi connectivity index (χ3n) is 2.75. The molecule has 0 aromatic carbocycles. The molecule has 0 unspecified atom stereocenters. The normalized spacial score (nSPS) is 14.7. The smallest absolute Gasteiger partial charge is 0.0467 e. The molecule has 0 saturated heterocycles. The van der Waals surface area contributed by atoms with Gasteiger partial charge in [-0.1, -0.05) is 158 Å². The molecule has 0 nitrogen and oxygen atoms in total. The molecule has 0 N–H and O–H groups in total. The molecule has 0 heterocycles. The van der Waals surface area contributed by atoms with Crippen molar-refractivity contribution in [3.63, 3.8) is 0 Å². The van der Waals surface area contributed by atoms with E-state index >= 15 is 0 Å². The summed E-state index contributed by atoms with van der Waals surface area (Å²) in [7, 11) is 0. The molecule has 0 spiro atoms. The molecule has 0 atom stereocenters. The SMILES string of the molecule is [CH]=CC=CC=CC=CC=CC=CC=CC=CC=CC=CC=CC=CC=CC. The maximum Gasteiger partial charge on any atom is -0.0467 e. The summed E-state index contributed by atoms with van der Waals surface area (Å²) in [5.74, 6) is 0. The Kier molecular flexibility index (Phi) is 19.8. The monoisotopic (exact) mass is 353 g/mol. The first-order valence-electron chi connectivity index (χ1n) is 8.91. The van der Waals surface area contributed by atoms with Crippen molar-refractivity contribution in [2.75, 3.05) is 0 Å². The second-order valence-corrected chi connectivity index (χ2v) is 4.95. The summed E-state index contributed by atoms with van der Waals surface area (Å²) in [5.41, 5.74) is 0. The van der Waals surface area contributed by atoms with E-state index in [1.165, 1.54) is 6.08 Å². The summed E-state index contributed by atoms with van der Waals surface area (Å²) >= 11 is 0. The minimum Gasteiger partial charge on any atom is -0.0877 e. The highest BCUT2D eigenvalue weighted by molar-refractivity contribution is 5.23. The Morgan fingerprint density at radius 2 is 0.481 bits per heavy atom. The van der Waals surface area contributed by atoms with Crippen molar-refractivity contribution in [1.82, 2.24) is 0 Å². The number of hydrogen-bond donors (Lipinski definition) is 0. The van der Waals surface area contributed by atoms with Gasteiger partial charge >= 0.3 is 0 Å². The maximum atomic E-state index is 5.22. The minimum absolute atomic E-state index is 1.50. The van der Waals surface area contributed by atoms with Crippen LogP contribution in [0.2, 0.25) is 0 Å². The first kappa shape index (κ1) is 23.6. The molecule has 0 fully saturated rings. The Labute approximate surface area is 165 Å². The van der Waals surface area contributed by atoms with Gasteiger partial charge in [0.1, 0.15) is 0 Å². The third kappa shape index (κ3) is 22.6. The summed E-state index contributed by atoms with van der Waals surface area (Å²) in [4.78, 5) is 0. The number of hydrogen-bond acceptors (Lipinski definition) is 0. The van der Waals surface area contributed by atoms with Crippen molar-refractivity contribution in [1.29, 1.82) is 0 Å². The lowest BCUT2D eigenvalue weighted by Gasteiger charge is -1.76. The molecular weight excluding hydrogens is 324 g/mol. The van der Waals surface area contributed by atoms with Crippen LogP contribution in [-0.4, -0.2) is 0 Å². The second kappa shape index (κ2) is 22.6. The van der Waals surface area contributed by atoms with Gasteiger partial charge in [-0.3, -0.25) is 0 Å². The fourth-order valence-electron chi connectivity index (χ4n) is 1.52. The van der Waals surface area contributed by atoms with Gasteiger partial charge in [-0.2, -0.15) is 0 Å². The van der Waals surface area contributed by atoms with Crippen LogP contribution in [0.4, 0.5) is 0 Å². The Bertz CT molecular complexity index is 703. The predicted molar refractivity (Wildman–Crippen MR) is 124 cm³/mol. The van der Waals surface area contributed by atoms with Crippen LogP contribution >= 0.6 is 0 Å². The molecule has 0 aliphatic carbocycles. The Morgan fingerprint density at radius 1 is 0.296 bits per heavy atom. The lowest BCUT2D eigenvalue weighted by atomic mass is 10.3. The Balaban J connectivity index is 3.94. The fraction of sp³-hybridized carbons (Fsp3) is 0.0370. The van der Waals surface area contributed by atoms with Gasteiger partial charge in [0.2, 0.25) is 0 Å². The summed E-state index contributed by atoms with van der Waals surface area (Å²) in [6.45, 7) is 7.21. The van der Waals surface area contributed by atoms with Crippen molar-refractivity contribution >= 4 is 0 Å². The Morgan fingerprint density at radius 3 is 0.667 bits per heavy atom. The molecule has 27 heavy (non-hydrogen) atoms. The number of allylic oxidation sites excluding steroid dienone is 25. The molecule has 1 radical (unpaired) electrons. The first-order chi connectivity index (χ1) is 13.4. The van der Waals surface area contributed by atoms with E-state index in [4.69, 9.17) is 6.58 Å². The standard InChI is InChI=1S/C27H29/c1-3-5-7-9-11-13-15-17-19-21-23-25-27-26-24-22-20-18-16-14-12-10-8-6-4-2/h1,3-27H,2H3. The number of rotatable bonds is 12. The first-order valence-corrected chi connectivity index (χ1v) is 8.91. The highest BCUT2D eigenvalue weighted by Gasteiger charge is 1.65. The van der Waals surface area contributed by atoms with E-state index in [0.29, 0.717) is 0 Å². The zero-order valence-electron chi connectivity index (χ0n) is 16.0. The van der Waals surface area contributed by atoms with E-state index in [2.05, 4.69) is 0 Å². The largest absolute Gasteiger partial charge is 0.0877 e. The van der Waals surface area contributed by atoms with Crippen LogP contribution in [-0.2, 0) is 0 Å². The van der Waals surface area contributed by atoms with Gasteiger partial charge < -0.3 is 0 Å². The van der Waals surface area contributed by atoms with Crippen LogP contribution in [0.1, 0.15) is 6.92 Å². The lowest BCUT2D eigenvalue weighted by Crippen LogP contribution is -1.54. The van der Waals surface area contributed by atoms with E-state index in [0.717, 1.165) is 0 Å².